The first kappa shape index (κ1) is 16.7. The van der Waals surface area contributed by atoms with Crippen LogP contribution in [0.4, 0.5) is 0 Å². The molecule has 0 atom stereocenters. The number of nitrogens with zero attached hydrogens (tertiary/aromatic N) is 3. The van der Waals surface area contributed by atoms with E-state index < -0.39 is 5.97 Å². The van der Waals surface area contributed by atoms with Crippen molar-refractivity contribution in [2.75, 3.05) is 13.1 Å². The van der Waals surface area contributed by atoms with Gasteiger partial charge in [0.2, 0.25) is 0 Å². The fraction of sp³-hybridized carbons (Fsp3) is 0.353. The lowest BCUT2D eigenvalue weighted by molar-refractivity contribution is -0.137. The van der Waals surface area contributed by atoms with E-state index >= 15 is 0 Å². The predicted molar refractivity (Wildman–Crippen MR) is 86.4 cm³/mol. The maximum absolute atomic E-state index is 12.8. The molecule has 6 nitrogen and oxygen atoms in total. The number of aromatic nitrogens is 2. The highest BCUT2D eigenvalue weighted by Crippen LogP contribution is 2.15. The Morgan fingerprint density at radius 1 is 1.22 bits per heavy atom. The summed E-state index contributed by atoms with van der Waals surface area (Å²) in [5.74, 6) is -1.31. The maximum Gasteiger partial charge on any atom is 0.323 e. The first-order valence-corrected chi connectivity index (χ1v) is 7.45. The Morgan fingerprint density at radius 2 is 1.87 bits per heavy atom. The summed E-state index contributed by atoms with van der Waals surface area (Å²) < 4.78 is 1.64. The molecule has 2 aromatic rings. The van der Waals surface area contributed by atoms with Gasteiger partial charge in [0.05, 0.1) is 11.3 Å². The Morgan fingerprint density at radius 3 is 2.39 bits per heavy atom. The molecule has 0 saturated heterocycles. The predicted octanol–water partition coefficient (Wildman–Crippen LogP) is 1.81. The number of hydrogen-bond donors (Lipinski definition) is 1. The fourth-order valence-corrected chi connectivity index (χ4v) is 2.57. The zero-order chi connectivity index (χ0) is 17.0. The van der Waals surface area contributed by atoms with E-state index in [0.29, 0.717) is 24.2 Å². The molecule has 6 heteroatoms. The summed E-state index contributed by atoms with van der Waals surface area (Å²) in [5, 5.41) is 13.3. The minimum atomic E-state index is -1.02. The monoisotopic (exact) mass is 315 g/mol. The number of carbonyl (C=O) groups is 2. The van der Waals surface area contributed by atoms with Gasteiger partial charge >= 0.3 is 5.97 Å². The van der Waals surface area contributed by atoms with Gasteiger partial charge in [-0.05, 0) is 25.8 Å². The number of benzene rings is 1. The third-order valence-electron chi connectivity index (χ3n) is 3.85. The Hall–Kier alpha value is -2.63. The van der Waals surface area contributed by atoms with Crippen LogP contribution < -0.4 is 0 Å². The molecule has 1 aromatic heterocycles. The summed E-state index contributed by atoms with van der Waals surface area (Å²) in [7, 11) is 1.77. The maximum atomic E-state index is 12.8. The van der Waals surface area contributed by atoms with Gasteiger partial charge in [0.1, 0.15) is 6.54 Å². The molecule has 0 aliphatic heterocycles. The van der Waals surface area contributed by atoms with Crippen molar-refractivity contribution in [1.29, 1.82) is 0 Å². The molecular weight excluding hydrogens is 294 g/mol. The molecule has 122 valence electrons. The molecule has 1 amide bonds. The summed E-state index contributed by atoms with van der Waals surface area (Å²) in [6.07, 6.45) is 0.609. The molecule has 0 aliphatic rings. The standard InChI is InChI=1S/C17H21N3O3/c1-12-16(13(2)19(3)18-12)17(23)20(11-15(21)22)10-9-14-7-5-4-6-8-14/h4-8H,9-11H2,1-3H3,(H,21,22). The van der Waals surface area contributed by atoms with Gasteiger partial charge in [-0.15, -0.1) is 0 Å². The highest BCUT2D eigenvalue weighted by molar-refractivity contribution is 5.97. The summed E-state index contributed by atoms with van der Waals surface area (Å²) in [5.41, 5.74) is 2.91. The van der Waals surface area contributed by atoms with Crippen LogP contribution in [0.2, 0.25) is 0 Å². The summed E-state index contributed by atoms with van der Waals surface area (Å²) in [6, 6.07) is 9.70. The van der Waals surface area contributed by atoms with Crippen molar-refractivity contribution in [1.82, 2.24) is 14.7 Å². The van der Waals surface area contributed by atoms with Gasteiger partial charge < -0.3 is 10.0 Å². The van der Waals surface area contributed by atoms with E-state index in [-0.39, 0.29) is 12.5 Å². The first-order chi connectivity index (χ1) is 10.9. The zero-order valence-corrected chi connectivity index (χ0v) is 13.6. The quantitative estimate of drug-likeness (QED) is 0.882. The van der Waals surface area contributed by atoms with Crippen molar-refractivity contribution in [2.24, 2.45) is 7.05 Å². The Labute approximate surface area is 135 Å². The number of amides is 1. The van der Waals surface area contributed by atoms with E-state index in [0.717, 1.165) is 11.3 Å². The number of carboxylic acid groups (broad SMARTS) is 1. The van der Waals surface area contributed by atoms with Gasteiger partial charge in [0.15, 0.2) is 0 Å². The summed E-state index contributed by atoms with van der Waals surface area (Å²) in [4.78, 5) is 25.3. The molecule has 0 aliphatic carbocycles. The number of aryl methyl sites for hydroxylation is 2. The van der Waals surface area contributed by atoms with Gasteiger partial charge in [0.25, 0.3) is 5.91 Å². The van der Waals surface area contributed by atoms with Gasteiger partial charge in [-0.1, -0.05) is 30.3 Å². The number of rotatable bonds is 6. The summed E-state index contributed by atoms with van der Waals surface area (Å²) >= 11 is 0. The topological polar surface area (TPSA) is 75.4 Å². The minimum absolute atomic E-state index is 0.286. The average Bonchev–Trinajstić information content (AvgIpc) is 2.76. The molecule has 0 fully saturated rings. The number of carboxylic acids is 1. The average molecular weight is 315 g/mol. The van der Waals surface area contributed by atoms with Crippen molar-refractivity contribution in [3.05, 3.63) is 52.8 Å². The van der Waals surface area contributed by atoms with Crippen molar-refractivity contribution >= 4 is 11.9 Å². The van der Waals surface area contributed by atoms with Gasteiger partial charge in [-0.2, -0.15) is 5.10 Å². The second kappa shape index (κ2) is 7.09. The van der Waals surface area contributed by atoms with E-state index in [1.807, 2.05) is 37.3 Å². The molecule has 0 saturated carbocycles. The fourth-order valence-electron chi connectivity index (χ4n) is 2.57. The summed E-state index contributed by atoms with van der Waals surface area (Å²) in [6.45, 7) is 3.60. The van der Waals surface area contributed by atoms with E-state index in [2.05, 4.69) is 5.10 Å². The minimum Gasteiger partial charge on any atom is -0.480 e. The van der Waals surface area contributed by atoms with Gasteiger partial charge in [-0.3, -0.25) is 14.3 Å². The zero-order valence-electron chi connectivity index (χ0n) is 13.6. The van der Waals surface area contributed by atoms with E-state index in [4.69, 9.17) is 5.11 Å². The van der Waals surface area contributed by atoms with Crippen LogP contribution in [-0.2, 0) is 18.3 Å². The van der Waals surface area contributed by atoms with Crippen LogP contribution in [0, 0.1) is 13.8 Å². The van der Waals surface area contributed by atoms with Gasteiger partial charge in [0, 0.05) is 19.3 Å². The third kappa shape index (κ3) is 3.97. The van der Waals surface area contributed by atoms with Crippen LogP contribution in [0.1, 0.15) is 27.3 Å². The number of hydrogen-bond acceptors (Lipinski definition) is 3. The highest BCUT2D eigenvalue weighted by atomic mass is 16.4. The third-order valence-corrected chi connectivity index (χ3v) is 3.85. The van der Waals surface area contributed by atoms with Crippen LogP contribution in [0.25, 0.3) is 0 Å². The van der Waals surface area contributed by atoms with Crippen molar-refractivity contribution in [3.63, 3.8) is 0 Å². The van der Waals surface area contributed by atoms with Crippen molar-refractivity contribution in [3.8, 4) is 0 Å². The Kier molecular flexibility index (Phi) is 5.16. The molecule has 0 bridgehead atoms. The van der Waals surface area contributed by atoms with E-state index in [1.165, 1.54) is 4.90 Å². The van der Waals surface area contributed by atoms with Gasteiger partial charge in [-0.25, -0.2) is 0 Å². The number of aliphatic carboxylic acids is 1. The highest BCUT2D eigenvalue weighted by Gasteiger charge is 2.24. The number of carbonyl (C=O) groups excluding carboxylic acids is 1. The van der Waals surface area contributed by atoms with Crippen molar-refractivity contribution in [2.45, 2.75) is 20.3 Å². The van der Waals surface area contributed by atoms with Crippen LogP contribution in [0.3, 0.4) is 0 Å². The normalized spacial score (nSPS) is 10.6. The largest absolute Gasteiger partial charge is 0.480 e. The first-order valence-electron chi connectivity index (χ1n) is 7.45. The van der Waals surface area contributed by atoms with Crippen LogP contribution in [0.5, 0.6) is 0 Å². The molecule has 0 radical (unpaired) electrons. The SMILES string of the molecule is Cc1nn(C)c(C)c1C(=O)N(CCc1ccccc1)CC(=O)O. The van der Waals surface area contributed by atoms with Crippen LogP contribution in [0.15, 0.2) is 30.3 Å². The van der Waals surface area contributed by atoms with E-state index in [9.17, 15) is 9.59 Å². The van der Waals surface area contributed by atoms with Crippen molar-refractivity contribution < 1.29 is 14.7 Å². The lowest BCUT2D eigenvalue weighted by atomic mass is 10.1. The van der Waals surface area contributed by atoms with E-state index in [1.54, 1.807) is 18.7 Å². The Bertz CT molecular complexity index is 707. The second-order valence-corrected chi connectivity index (χ2v) is 5.53. The molecule has 0 spiro atoms. The molecule has 23 heavy (non-hydrogen) atoms. The molecule has 1 aromatic carbocycles. The molecule has 1 heterocycles. The smallest absolute Gasteiger partial charge is 0.323 e. The van der Waals surface area contributed by atoms with Crippen LogP contribution in [-0.4, -0.2) is 44.8 Å². The molecular formula is C17H21N3O3. The van der Waals surface area contributed by atoms with Crippen LogP contribution >= 0.6 is 0 Å². The second-order valence-electron chi connectivity index (χ2n) is 5.53. The molecule has 1 N–H and O–H groups in total. The molecule has 0 unspecified atom stereocenters. The lowest BCUT2D eigenvalue weighted by Crippen LogP contribution is -2.37. The molecule has 2 rings (SSSR count). The lowest BCUT2D eigenvalue weighted by Gasteiger charge is -2.21. The Balaban J connectivity index is 2.20.